The van der Waals surface area contributed by atoms with E-state index in [1.807, 2.05) is 4.90 Å². The number of halogens is 1. The Kier molecular flexibility index (Phi) is 4.50. The molecule has 1 heterocycles. The number of methoxy groups -OCH3 is 1. The highest BCUT2D eigenvalue weighted by atomic mass is 19.1. The number of hydrogen-bond acceptors (Lipinski definition) is 4. The maximum atomic E-state index is 13.6. The zero-order valence-electron chi connectivity index (χ0n) is 11.0. The molecule has 4 nitrogen and oxygen atoms in total. The largest absolute Gasteiger partial charge is 0.469 e. The molecule has 0 amide bonds. The Morgan fingerprint density at radius 2 is 2.21 bits per heavy atom. The van der Waals surface area contributed by atoms with Crippen molar-refractivity contribution in [2.45, 2.75) is 19.0 Å². The van der Waals surface area contributed by atoms with Gasteiger partial charge in [-0.25, -0.2) is 4.39 Å². The molecule has 1 aliphatic heterocycles. The number of benzene rings is 1. The highest BCUT2D eigenvalue weighted by Gasteiger charge is 2.30. The second kappa shape index (κ2) is 6.12. The summed E-state index contributed by atoms with van der Waals surface area (Å²) in [4.78, 5) is 13.6. The summed E-state index contributed by atoms with van der Waals surface area (Å²) in [6.07, 6.45) is 0.625. The van der Waals surface area contributed by atoms with Crippen LogP contribution in [0.15, 0.2) is 24.3 Å². The Bertz CT molecular complexity index is 453. The van der Waals surface area contributed by atoms with Crippen LogP contribution in [0, 0.1) is 11.7 Å². The molecule has 2 atom stereocenters. The summed E-state index contributed by atoms with van der Waals surface area (Å²) in [6.45, 7) is 1.70. The van der Waals surface area contributed by atoms with Gasteiger partial charge in [0.2, 0.25) is 0 Å². The summed E-state index contributed by atoms with van der Waals surface area (Å²) in [5.74, 6) is -0.689. The van der Waals surface area contributed by atoms with E-state index in [0.29, 0.717) is 31.6 Å². The maximum Gasteiger partial charge on any atom is 0.310 e. The van der Waals surface area contributed by atoms with E-state index >= 15 is 0 Å². The summed E-state index contributed by atoms with van der Waals surface area (Å²) >= 11 is 0. The monoisotopic (exact) mass is 266 g/mol. The molecule has 1 saturated heterocycles. The van der Waals surface area contributed by atoms with Gasteiger partial charge in [-0.2, -0.15) is 0 Å². The lowest BCUT2D eigenvalue weighted by atomic mass is 9.94. The Hall–Kier alpha value is -1.46. The first-order valence-electron chi connectivity index (χ1n) is 6.39. The van der Waals surface area contributed by atoms with Gasteiger partial charge in [0.15, 0.2) is 0 Å². The van der Waals surface area contributed by atoms with E-state index in [9.17, 15) is 9.18 Å². The fourth-order valence-electron chi connectivity index (χ4n) is 2.57. The molecule has 1 aromatic carbocycles. The third kappa shape index (κ3) is 3.52. The van der Waals surface area contributed by atoms with E-state index in [0.717, 1.165) is 0 Å². The van der Waals surface area contributed by atoms with Crippen LogP contribution in [-0.4, -0.2) is 37.1 Å². The summed E-state index contributed by atoms with van der Waals surface area (Å²) in [5.41, 5.74) is 6.58. The van der Waals surface area contributed by atoms with Crippen LogP contribution in [0.25, 0.3) is 0 Å². The molecule has 1 aliphatic rings. The second-order valence-corrected chi connectivity index (χ2v) is 5.00. The number of ether oxygens (including phenoxy) is 1. The van der Waals surface area contributed by atoms with Crippen molar-refractivity contribution < 1.29 is 13.9 Å². The quantitative estimate of drug-likeness (QED) is 0.834. The normalized spacial score (nSPS) is 24.2. The predicted molar refractivity (Wildman–Crippen MR) is 69.8 cm³/mol. The predicted octanol–water partition coefficient (Wildman–Crippen LogP) is 1.15. The Morgan fingerprint density at radius 1 is 1.47 bits per heavy atom. The smallest absolute Gasteiger partial charge is 0.310 e. The van der Waals surface area contributed by atoms with Crippen molar-refractivity contribution >= 4 is 5.97 Å². The molecule has 0 aliphatic carbocycles. The van der Waals surface area contributed by atoms with Crippen molar-refractivity contribution in [2.24, 2.45) is 11.7 Å². The Balaban J connectivity index is 2.04. The molecule has 0 bridgehead atoms. The highest BCUT2D eigenvalue weighted by Crippen LogP contribution is 2.20. The zero-order chi connectivity index (χ0) is 13.8. The zero-order valence-corrected chi connectivity index (χ0v) is 11.0. The maximum absolute atomic E-state index is 13.6. The molecule has 104 valence electrons. The molecule has 19 heavy (non-hydrogen) atoms. The highest BCUT2D eigenvalue weighted by molar-refractivity contribution is 5.72. The summed E-state index contributed by atoms with van der Waals surface area (Å²) in [5, 5.41) is 0. The van der Waals surface area contributed by atoms with Crippen LogP contribution in [0.5, 0.6) is 0 Å². The van der Waals surface area contributed by atoms with E-state index in [-0.39, 0.29) is 23.7 Å². The van der Waals surface area contributed by atoms with Gasteiger partial charge in [0, 0.05) is 31.2 Å². The third-order valence-electron chi connectivity index (χ3n) is 3.44. The van der Waals surface area contributed by atoms with Crippen molar-refractivity contribution in [1.29, 1.82) is 0 Å². The lowest BCUT2D eigenvalue weighted by molar-refractivity contribution is -0.147. The first-order valence-corrected chi connectivity index (χ1v) is 6.39. The number of carbonyl (C=O) groups is 1. The van der Waals surface area contributed by atoms with E-state index in [2.05, 4.69) is 0 Å². The lowest BCUT2D eigenvalue weighted by Gasteiger charge is -2.35. The molecule has 0 spiro atoms. The molecule has 2 unspecified atom stereocenters. The topological polar surface area (TPSA) is 55.6 Å². The summed E-state index contributed by atoms with van der Waals surface area (Å²) in [7, 11) is 1.38. The van der Waals surface area contributed by atoms with Crippen molar-refractivity contribution in [3.63, 3.8) is 0 Å². The number of nitrogens with two attached hydrogens (primary N) is 1. The molecule has 0 radical (unpaired) electrons. The third-order valence-corrected chi connectivity index (χ3v) is 3.44. The number of esters is 1. The van der Waals surface area contributed by atoms with Gasteiger partial charge in [-0.15, -0.1) is 0 Å². The van der Waals surface area contributed by atoms with Gasteiger partial charge >= 0.3 is 5.97 Å². The molecule has 5 heteroatoms. The first-order chi connectivity index (χ1) is 9.10. The Labute approximate surface area is 112 Å². The molecule has 0 aromatic heterocycles. The van der Waals surface area contributed by atoms with Gasteiger partial charge in [-0.3, -0.25) is 9.69 Å². The van der Waals surface area contributed by atoms with E-state index in [1.54, 1.807) is 18.2 Å². The van der Waals surface area contributed by atoms with Crippen LogP contribution in [0.1, 0.15) is 12.0 Å². The molecule has 2 N–H and O–H groups in total. The molecule has 0 saturated carbocycles. The minimum atomic E-state index is -0.242. The van der Waals surface area contributed by atoms with Crippen LogP contribution in [-0.2, 0) is 16.1 Å². The van der Waals surface area contributed by atoms with Crippen LogP contribution in [0.2, 0.25) is 0 Å². The van der Waals surface area contributed by atoms with Gasteiger partial charge < -0.3 is 10.5 Å². The van der Waals surface area contributed by atoms with Crippen molar-refractivity contribution in [2.75, 3.05) is 20.2 Å². The van der Waals surface area contributed by atoms with Gasteiger partial charge in [-0.05, 0) is 12.5 Å². The number of likely N-dealkylation sites (tertiary alicyclic amines) is 1. The standard InChI is InChI=1S/C14H19FN2O2/c1-19-14(18)11-6-12(16)9-17(8-11)7-10-4-2-3-5-13(10)15/h2-5,11-12H,6-9,16H2,1H3. The fraction of sp³-hybridized carbons (Fsp3) is 0.500. The second-order valence-electron chi connectivity index (χ2n) is 5.00. The number of hydrogen-bond donors (Lipinski definition) is 1. The minimum absolute atomic E-state index is 0.0791. The van der Waals surface area contributed by atoms with Crippen molar-refractivity contribution in [3.05, 3.63) is 35.6 Å². The van der Waals surface area contributed by atoms with E-state index in [4.69, 9.17) is 10.5 Å². The van der Waals surface area contributed by atoms with Gasteiger partial charge in [0.25, 0.3) is 0 Å². The SMILES string of the molecule is COC(=O)C1CC(N)CN(Cc2ccccc2F)C1. The molecule has 2 rings (SSSR count). The number of piperidine rings is 1. The minimum Gasteiger partial charge on any atom is -0.469 e. The van der Waals surface area contributed by atoms with Crippen molar-refractivity contribution in [3.8, 4) is 0 Å². The number of rotatable bonds is 3. The number of carbonyl (C=O) groups excluding carboxylic acids is 1. The molecule has 1 fully saturated rings. The summed E-state index contributed by atoms with van der Waals surface area (Å²) < 4.78 is 18.4. The average Bonchev–Trinajstić information content (AvgIpc) is 2.40. The first kappa shape index (κ1) is 14.0. The van der Waals surface area contributed by atoms with Crippen LogP contribution >= 0.6 is 0 Å². The van der Waals surface area contributed by atoms with Gasteiger partial charge in [0.1, 0.15) is 5.82 Å². The van der Waals surface area contributed by atoms with E-state index < -0.39 is 0 Å². The molecular formula is C14H19FN2O2. The van der Waals surface area contributed by atoms with Crippen LogP contribution in [0.3, 0.4) is 0 Å². The molecule has 1 aromatic rings. The van der Waals surface area contributed by atoms with Gasteiger partial charge in [0.05, 0.1) is 13.0 Å². The lowest BCUT2D eigenvalue weighted by Crippen LogP contribution is -2.48. The average molecular weight is 266 g/mol. The Morgan fingerprint density at radius 3 is 2.89 bits per heavy atom. The van der Waals surface area contributed by atoms with E-state index in [1.165, 1.54) is 13.2 Å². The van der Waals surface area contributed by atoms with Crippen molar-refractivity contribution in [1.82, 2.24) is 4.90 Å². The summed E-state index contributed by atoms with van der Waals surface area (Å²) in [6, 6.07) is 6.59. The van der Waals surface area contributed by atoms with Crippen LogP contribution < -0.4 is 5.73 Å². The fourth-order valence-corrected chi connectivity index (χ4v) is 2.57. The van der Waals surface area contributed by atoms with Gasteiger partial charge in [-0.1, -0.05) is 18.2 Å². The number of nitrogens with zero attached hydrogens (tertiary/aromatic N) is 1. The van der Waals surface area contributed by atoms with Crippen LogP contribution in [0.4, 0.5) is 4.39 Å². The molecular weight excluding hydrogens is 247 g/mol.